The SMILES string of the molecule is CCc1ncc(-c2ccc(S(=O)(=O)N(CC(C)C)C[C@@H](O)[C@H](Cc3ccccc3)NC(=O)OC3C4COC5OCC3C5C4)cc2)o1. The number of nitrogens with zero attached hydrogens (tertiary/aromatic N) is 2. The van der Waals surface area contributed by atoms with Crippen LogP contribution in [-0.4, -0.2) is 79.7 Å². The van der Waals surface area contributed by atoms with Crippen molar-refractivity contribution in [3.05, 3.63) is 72.2 Å². The molecule has 12 heteroatoms. The maximum Gasteiger partial charge on any atom is 0.407 e. The van der Waals surface area contributed by atoms with Crippen LogP contribution in [0.25, 0.3) is 11.3 Å². The molecule has 5 unspecified atom stereocenters. The van der Waals surface area contributed by atoms with E-state index >= 15 is 0 Å². The van der Waals surface area contributed by atoms with E-state index in [1.54, 1.807) is 18.3 Å². The fraction of sp³-hybridized carbons (Fsp3) is 0.529. The van der Waals surface area contributed by atoms with Crippen molar-refractivity contribution in [3.8, 4) is 11.3 Å². The molecule has 3 heterocycles. The Morgan fingerprint density at radius 2 is 1.80 bits per heavy atom. The summed E-state index contributed by atoms with van der Waals surface area (Å²) in [4.78, 5) is 17.7. The van der Waals surface area contributed by atoms with Gasteiger partial charge in [0, 0.05) is 42.8 Å². The number of oxazole rings is 1. The summed E-state index contributed by atoms with van der Waals surface area (Å²) in [6, 6.07) is 15.1. The summed E-state index contributed by atoms with van der Waals surface area (Å²) in [7, 11) is -4.00. The van der Waals surface area contributed by atoms with Gasteiger partial charge in [-0.3, -0.25) is 0 Å². The lowest BCUT2D eigenvalue weighted by Crippen LogP contribution is -2.52. The Morgan fingerprint density at radius 1 is 1.07 bits per heavy atom. The Kier molecular flexibility index (Phi) is 9.81. The minimum Gasteiger partial charge on any atom is -0.445 e. The molecule has 2 aromatic carbocycles. The number of alkyl carbamates (subject to hydrolysis) is 1. The predicted molar refractivity (Wildman–Crippen MR) is 169 cm³/mol. The zero-order chi connectivity index (χ0) is 32.4. The molecule has 2 bridgehead atoms. The Balaban J connectivity index is 1.19. The number of ether oxygens (including phenoxy) is 3. The highest BCUT2D eigenvalue weighted by atomic mass is 32.2. The molecule has 2 saturated heterocycles. The molecular weight excluding hydrogens is 610 g/mol. The number of aliphatic hydroxyl groups excluding tert-OH is 1. The molecule has 11 nitrogen and oxygen atoms in total. The molecule has 0 spiro atoms. The average molecular weight is 654 g/mol. The summed E-state index contributed by atoms with van der Waals surface area (Å²) in [6.45, 7) is 6.71. The second kappa shape index (κ2) is 13.8. The van der Waals surface area contributed by atoms with Gasteiger partial charge in [0.25, 0.3) is 0 Å². The molecule has 1 amide bonds. The van der Waals surface area contributed by atoms with Gasteiger partial charge in [0.15, 0.2) is 17.9 Å². The van der Waals surface area contributed by atoms with Crippen LogP contribution in [0.4, 0.5) is 4.79 Å². The van der Waals surface area contributed by atoms with Crippen molar-refractivity contribution in [3.63, 3.8) is 0 Å². The highest BCUT2D eigenvalue weighted by Crippen LogP contribution is 2.49. The lowest BCUT2D eigenvalue weighted by Gasteiger charge is -2.31. The number of aromatic nitrogens is 1. The van der Waals surface area contributed by atoms with Crippen LogP contribution in [0.1, 0.15) is 38.6 Å². The lowest BCUT2D eigenvalue weighted by molar-refractivity contribution is -0.169. The molecule has 6 rings (SSSR count). The summed E-state index contributed by atoms with van der Waals surface area (Å²) in [5.74, 6) is 1.55. The second-order valence-corrected chi connectivity index (χ2v) is 14.9. The first-order chi connectivity index (χ1) is 22.1. The maximum absolute atomic E-state index is 14.0. The molecule has 3 aliphatic rings. The van der Waals surface area contributed by atoms with Crippen LogP contribution in [0.2, 0.25) is 0 Å². The average Bonchev–Trinajstić information content (AvgIpc) is 3.76. The van der Waals surface area contributed by atoms with E-state index in [-0.39, 0.29) is 60.5 Å². The predicted octanol–water partition coefficient (Wildman–Crippen LogP) is 4.26. The molecule has 1 aromatic heterocycles. The number of fused-ring (bicyclic) bond motifs is 1. The molecular formula is C34H43N3O8S. The molecule has 2 aliphatic heterocycles. The summed E-state index contributed by atoms with van der Waals surface area (Å²) in [6.07, 6.45) is 1.02. The number of amides is 1. The third-order valence-electron chi connectivity index (χ3n) is 9.19. The van der Waals surface area contributed by atoms with Crippen LogP contribution < -0.4 is 5.32 Å². The number of carbonyl (C=O) groups is 1. The molecule has 0 radical (unpaired) electrons. The largest absolute Gasteiger partial charge is 0.445 e. The minimum absolute atomic E-state index is 0.0187. The minimum atomic E-state index is -4.00. The number of aryl methyl sites for hydroxylation is 1. The summed E-state index contributed by atoms with van der Waals surface area (Å²) >= 11 is 0. The first-order valence-electron chi connectivity index (χ1n) is 16.1. The van der Waals surface area contributed by atoms with E-state index in [4.69, 9.17) is 18.6 Å². The van der Waals surface area contributed by atoms with Crippen LogP contribution in [0.5, 0.6) is 0 Å². The third-order valence-corrected chi connectivity index (χ3v) is 11.0. The van der Waals surface area contributed by atoms with Gasteiger partial charge in [0.05, 0.1) is 36.5 Å². The molecule has 3 aromatic rings. The molecule has 3 fully saturated rings. The standard InChI is InChI=1S/C34H43N3O8S/c1-4-31-35-16-30(44-31)23-10-12-25(13-11-23)46(40,41)37(17-21(2)3)18-29(38)28(14-22-8-6-5-7-9-22)36-34(39)45-32-24-15-26-27(32)20-43-33(26)42-19-24/h5-13,16,21,24,26-29,32-33,38H,4,14-15,17-20H2,1-3H3,(H,36,39)/t24?,26?,27?,28-,29+,32?,33?/m0/s1. The van der Waals surface area contributed by atoms with E-state index in [9.17, 15) is 18.3 Å². The van der Waals surface area contributed by atoms with Crippen LogP contribution >= 0.6 is 0 Å². The van der Waals surface area contributed by atoms with Gasteiger partial charge in [-0.15, -0.1) is 0 Å². The number of carbonyl (C=O) groups excluding carboxylic acids is 1. The van der Waals surface area contributed by atoms with Crippen molar-refractivity contribution in [1.82, 2.24) is 14.6 Å². The molecule has 248 valence electrons. The summed E-state index contributed by atoms with van der Waals surface area (Å²) in [5.41, 5.74) is 1.60. The zero-order valence-corrected chi connectivity index (χ0v) is 27.3. The third kappa shape index (κ3) is 7.01. The van der Waals surface area contributed by atoms with Crippen LogP contribution in [0.3, 0.4) is 0 Å². The Bertz CT molecular complexity index is 1580. The van der Waals surface area contributed by atoms with E-state index in [1.165, 1.54) is 16.4 Å². The lowest BCUT2D eigenvalue weighted by atomic mass is 9.98. The number of nitrogens with one attached hydrogen (secondary N) is 1. The smallest absolute Gasteiger partial charge is 0.407 e. The van der Waals surface area contributed by atoms with Gasteiger partial charge in [-0.2, -0.15) is 4.31 Å². The number of rotatable bonds is 13. The first-order valence-corrected chi connectivity index (χ1v) is 17.5. The fourth-order valence-electron chi connectivity index (χ4n) is 6.87. The number of hydrogen-bond acceptors (Lipinski definition) is 9. The van der Waals surface area contributed by atoms with Gasteiger partial charge in [-0.25, -0.2) is 18.2 Å². The van der Waals surface area contributed by atoms with E-state index in [1.807, 2.05) is 51.1 Å². The molecule has 1 aliphatic carbocycles. The molecule has 1 saturated carbocycles. The summed E-state index contributed by atoms with van der Waals surface area (Å²) in [5, 5.41) is 14.5. The van der Waals surface area contributed by atoms with E-state index < -0.39 is 28.3 Å². The number of hydrogen-bond donors (Lipinski definition) is 2. The van der Waals surface area contributed by atoms with Crippen molar-refractivity contribution in [2.75, 3.05) is 26.3 Å². The van der Waals surface area contributed by atoms with Gasteiger partial charge in [0.1, 0.15) is 6.10 Å². The fourth-order valence-corrected chi connectivity index (χ4v) is 8.49. The van der Waals surface area contributed by atoms with E-state index in [0.29, 0.717) is 36.8 Å². The van der Waals surface area contributed by atoms with Gasteiger partial charge in [-0.1, -0.05) is 51.1 Å². The number of benzene rings is 2. The first kappa shape index (κ1) is 32.6. The van der Waals surface area contributed by atoms with Crippen LogP contribution in [0.15, 0.2) is 70.1 Å². The van der Waals surface area contributed by atoms with Gasteiger partial charge in [0.2, 0.25) is 10.0 Å². The second-order valence-electron chi connectivity index (χ2n) is 12.9. The monoisotopic (exact) mass is 653 g/mol. The Labute approximate surface area is 270 Å². The Morgan fingerprint density at radius 3 is 2.50 bits per heavy atom. The normalized spacial score (nSPS) is 25.1. The highest BCUT2D eigenvalue weighted by Gasteiger charge is 2.56. The van der Waals surface area contributed by atoms with Crippen molar-refractivity contribution in [1.29, 1.82) is 0 Å². The molecule has 46 heavy (non-hydrogen) atoms. The van der Waals surface area contributed by atoms with Crippen molar-refractivity contribution < 1.29 is 36.9 Å². The van der Waals surface area contributed by atoms with Crippen molar-refractivity contribution >= 4 is 16.1 Å². The zero-order valence-electron chi connectivity index (χ0n) is 26.4. The highest BCUT2D eigenvalue weighted by molar-refractivity contribution is 7.89. The van der Waals surface area contributed by atoms with Crippen molar-refractivity contribution in [2.24, 2.45) is 23.7 Å². The summed E-state index contributed by atoms with van der Waals surface area (Å²) < 4.78 is 52.4. The maximum atomic E-state index is 14.0. The molecule has 2 N–H and O–H groups in total. The van der Waals surface area contributed by atoms with Gasteiger partial charge >= 0.3 is 6.09 Å². The van der Waals surface area contributed by atoms with Crippen molar-refractivity contribution in [2.45, 2.75) is 69.5 Å². The van der Waals surface area contributed by atoms with E-state index in [2.05, 4.69) is 10.3 Å². The number of sulfonamides is 1. The van der Waals surface area contributed by atoms with Crippen LogP contribution in [-0.2, 0) is 37.1 Å². The van der Waals surface area contributed by atoms with Crippen LogP contribution in [0, 0.1) is 23.7 Å². The molecule has 7 atom stereocenters. The topological polar surface area (TPSA) is 140 Å². The quantitative estimate of drug-likeness (QED) is 0.277. The number of aliphatic hydroxyl groups is 1. The van der Waals surface area contributed by atoms with E-state index in [0.717, 1.165) is 12.0 Å². The van der Waals surface area contributed by atoms with Gasteiger partial charge < -0.3 is 29.1 Å². The Hall–Kier alpha value is -3.29. The van der Waals surface area contributed by atoms with Gasteiger partial charge in [-0.05, 0) is 48.6 Å².